The van der Waals surface area contributed by atoms with Crippen LogP contribution in [0.5, 0.6) is 0 Å². The number of nitrogen functional groups attached to an aromatic ring is 1. The third-order valence-electron chi connectivity index (χ3n) is 2.68. The third-order valence-corrected chi connectivity index (χ3v) is 3.60. The lowest BCUT2D eigenvalue weighted by atomic mass is 9.96. The highest BCUT2D eigenvalue weighted by atomic mass is 79.9. The first-order valence-corrected chi connectivity index (χ1v) is 7.40. The molecule has 7 heteroatoms. The highest BCUT2D eigenvalue weighted by Gasteiger charge is 2.19. The predicted octanol–water partition coefficient (Wildman–Crippen LogP) is 4.65. The predicted molar refractivity (Wildman–Crippen MR) is 87.5 cm³/mol. The SMILES string of the molecule is CC(C)(C)c1nc(N)cc(Nc2c(Cl)cc(F)cc2Br)n1. The van der Waals surface area contributed by atoms with Gasteiger partial charge in [-0.15, -0.1) is 0 Å². The number of hydrogen-bond donors (Lipinski definition) is 2. The summed E-state index contributed by atoms with van der Waals surface area (Å²) in [7, 11) is 0. The maximum absolute atomic E-state index is 13.2. The van der Waals surface area contributed by atoms with E-state index in [9.17, 15) is 4.39 Å². The van der Waals surface area contributed by atoms with Crippen LogP contribution in [0.25, 0.3) is 0 Å². The second-order valence-electron chi connectivity index (χ2n) is 5.62. The zero-order valence-corrected chi connectivity index (χ0v) is 14.2. The molecule has 0 saturated heterocycles. The Morgan fingerprint density at radius 1 is 1.24 bits per heavy atom. The first-order valence-electron chi connectivity index (χ1n) is 6.23. The normalized spacial score (nSPS) is 11.5. The molecule has 0 fully saturated rings. The molecule has 1 aromatic carbocycles. The maximum Gasteiger partial charge on any atom is 0.138 e. The molecule has 2 rings (SSSR count). The monoisotopic (exact) mass is 372 g/mol. The lowest BCUT2D eigenvalue weighted by Gasteiger charge is -2.18. The molecule has 112 valence electrons. The van der Waals surface area contributed by atoms with E-state index in [-0.39, 0.29) is 10.4 Å². The van der Waals surface area contributed by atoms with E-state index in [0.717, 1.165) is 0 Å². The Balaban J connectivity index is 2.43. The number of nitrogens with zero attached hydrogens (tertiary/aromatic N) is 2. The molecule has 2 aromatic rings. The molecule has 0 atom stereocenters. The lowest BCUT2D eigenvalue weighted by molar-refractivity contribution is 0.547. The first kappa shape index (κ1) is 16.0. The van der Waals surface area contributed by atoms with E-state index >= 15 is 0 Å². The molecule has 21 heavy (non-hydrogen) atoms. The molecule has 0 amide bonds. The highest BCUT2D eigenvalue weighted by molar-refractivity contribution is 9.10. The highest BCUT2D eigenvalue weighted by Crippen LogP contribution is 2.34. The van der Waals surface area contributed by atoms with Gasteiger partial charge in [-0.1, -0.05) is 32.4 Å². The maximum atomic E-state index is 13.2. The molecular formula is C14H15BrClFN4. The van der Waals surface area contributed by atoms with Gasteiger partial charge in [-0.2, -0.15) is 0 Å². The molecule has 0 bridgehead atoms. The van der Waals surface area contributed by atoms with Crippen LogP contribution in [0.3, 0.4) is 0 Å². The number of hydrogen-bond acceptors (Lipinski definition) is 4. The Morgan fingerprint density at radius 3 is 2.48 bits per heavy atom. The van der Waals surface area contributed by atoms with Crippen molar-refractivity contribution in [1.82, 2.24) is 9.97 Å². The Bertz CT molecular complexity index is 662. The van der Waals surface area contributed by atoms with E-state index in [1.807, 2.05) is 20.8 Å². The summed E-state index contributed by atoms with van der Waals surface area (Å²) in [6.45, 7) is 5.98. The Labute approximate surface area is 136 Å². The summed E-state index contributed by atoms with van der Waals surface area (Å²) in [5.74, 6) is 1.04. The number of nitrogens with one attached hydrogen (secondary N) is 1. The fraction of sp³-hybridized carbons (Fsp3) is 0.286. The average Bonchev–Trinajstić information content (AvgIpc) is 2.32. The van der Waals surface area contributed by atoms with Crippen molar-refractivity contribution in [1.29, 1.82) is 0 Å². The smallest absolute Gasteiger partial charge is 0.138 e. The van der Waals surface area contributed by atoms with Crippen LogP contribution in [-0.2, 0) is 5.41 Å². The molecular weight excluding hydrogens is 359 g/mol. The topological polar surface area (TPSA) is 63.8 Å². The fourth-order valence-electron chi connectivity index (χ4n) is 1.66. The van der Waals surface area contributed by atoms with Crippen molar-refractivity contribution in [3.8, 4) is 0 Å². The van der Waals surface area contributed by atoms with Crippen molar-refractivity contribution >= 4 is 44.9 Å². The van der Waals surface area contributed by atoms with Crippen LogP contribution >= 0.6 is 27.5 Å². The molecule has 0 aliphatic rings. The Hall–Kier alpha value is -1.40. The molecule has 0 aliphatic heterocycles. The molecule has 0 spiro atoms. The van der Waals surface area contributed by atoms with Gasteiger partial charge >= 0.3 is 0 Å². The number of anilines is 3. The molecule has 0 aliphatic carbocycles. The van der Waals surface area contributed by atoms with Gasteiger partial charge in [0.25, 0.3) is 0 Å². The molecule has 0 unspecified atom stereocenters. The molecule has 0 radical (unpaired) electrons. The number of benzene rings is 1. The van der Waals surface area contributed by atoms with Crippen LogP contribution in [0.4, 0.5) is 21.7 Å². The van der Waals surface area contributed by atoms with Gasteiger partial charge in [-0.25, -0.2) is 14.4 Å². The summed E-state index contributed by atoms with van der Waals surface area (Å²) >= 11 is 9.32. The van der Waals surface area contributed by atoms with E-state index in [0.29, 0.717) is 27.6 Å². The lowest BCUT2D eigenvalue weighted by Crippen LogP contribution is -2.17. The summed E-state index contributed by atoms with van der Waals surface area (Å²) < 4.78 is 13.7. The van der Waals surface area contributed by atoms with Gasteiger partial charge in [0.15, 0.2) is 0 Å². The van der Waals surface area contributed by atoms with Crippen molar-refractivity contribution in [3.63, 3.8) is 0 Å². The fourth-order valence-corrected chi connectivity index (χ4v) is 2.55. The summed E-state index contributed by atoms with van der Waals surface area (Å²) in [5.41, 5.74) is 6.10. The van der Waals surface area contributed by atoms with Gasteiger partial charge in [-0.3, -0.25) is 0 Å². The third kappa shape index (κ3) is 3.83. The van der Waals surface area contributed by atoms with Gasteiger partial charge in [0.2, 0.25) is 0 Å². The van der Waals surface area contributed by atoms with E-state index in [1.165, 1.54) is 12.1 Å². The van der Waals surface area contributed by atoms with Gasteiger partial charge in [0.1, 0.15) is 23.3 Å². The summed E-state index contributed by atoms with van der Waals surface area (Å²) in [5, 5.41) is 3.29. The Morgan fingerprint density at radius 2 is 1.90 bits per heavy atom. The molecule has 3 N–H and O–H groups in total. The zero-order chi connectivity index (χ0) is 15.8. The van der Waals surface area contributed by atoms with E-state index in [2.05, 4.69) is 31.2 Å². The summed E-state index contributed by atoms with van der Waals surface area (Å²) in [6.07, 6.45) is 0. The van der Waals surface area contributed by atoms with Crippen molar-refractivity contribution in [2.75, 3.05) is 11.1 Å². The number of halogens is 3. The first-order chi connectivity index (χ1) is 9.66. The molecule has 1 aromatic heterocycles. The quantitative estimate of drug-likeness (QED) is 0.804. The largest absolute Gasteiger partial charge is 0.384 e. The second kappa shape index (κ2) is 5.77. The summed E-state index contributed by atoms with van der Waals surface area (Å²) in [4.78, 5) is 8.66. The van der Waals surface area contributed by atoms with Gasteiger partial charge in [-0.05, 0) is 28.1 Å². The van der Waals surface area contributed by atoms with Crippen molar-refractivity contribution in [2.24, 2.45) is 0 Å². The van der Waals surface area contributed by atoms with E-state index in [1.54, 1.807) is 6.07 Å². The van der Waals surface area contributed by atoms with Crippen LogP contribution < -0.4 is 11.1 Å². The minimum absolute atomic E-state index is 0.240. The summed E-state index contributed by atoms with van der Waals surface area (Å²) in [6, 6.07) is 4.15. The zero-order valence-electron chi connectivity index (χ0n) is 11.8. The van der Waals surface area contributed by atoms with Crippen LogP contribution in [-0.4, -0.2) is 9.97 Å². The molecule has 4 nitrogen and oxygen atoms in total. The minimum Gasteiger partial charge on any atom is -0.384 e. The van der Waals surface area contributed by atoms with Crippen molar-refractivity contribution < 1.29 is 4.39 Å². The van der Waals surface area contributed by atoms with Crippen molar-refractivity contribution in [3.05, 3.63) is 39.3 Å². The van der Waals surface area contributed by atoms with Crippen molar-refractivity contribution in [2.45, 2.75) is 26.2 Å². The van der Waals surface area contributed by atoms with E-state index in [4.69, 9.17) is 17.3 Å². The van der Waals surface area contributed by atoms with E-state index < -0.39 is 5.82 Å². The van der Waals surface area contributed by atoms with Crippen LogP contribution in [0, 0.1) is 5.82 Å². The van der Waals surface area contributed by atoms with Gasteiger partial charge < -0.3 is 11.1 Å². The Kier molecular flexibility index (Phi) is 4.39. The number of nitrogens with two attached hydrogens (primary N) is 1. The van der Waals surface area contributed by atoms with Gasteiger partial charge in [0, 0.05) is 16.0 Å². The van der Waals surface area contributed by atoms with Crippen LogP contribution in [0.15, 0.2) is 22.7 Å². The second-order valence-corrected chi connectivity index (χ2v) is 6.88. The number of rotatable bonds is 2. The number of aromatic nitrogens is 2. The standard InChI is InChI=1S/C14H15BrClFN4/c1-14(2,3)13-19-10(18)6-11(21-13)20-12-8(15)4-7(17)5-9(12)16/h4-6H,1-3H3,(H3,18,19,20,21). The molecule has 1 heterocycles. The van der Waals surface area contributed by atoms with Crippen LogP contribution in [0.2, 0.25) is 5.02 Å². The van der Waals surface area contributed by atoms with Gasteiger partial charge in [0.05, 0.1) is 10.7 Å². The minimum atomic E-state index is -0.421. The van der Waals surface area contributed by atoms with Crippen LogP contribution in [0.1, 0.15) is 26.6 Å². The molecule has 0 saturated carbocycles. The average molecular weight is 374 g/mol.